The maximum atomic E-state index is 12.7. The molecule has 4 N–H and O–H groups in total. The first kappa shape index (κ1) is 61.7. The molecular weight excluding hydrogens is 830 g/mol. The number of nitrogens with two attached hydrogens (primary N) is 1. The molecule has 0 aliphatic heterocycles. The standard InChI is InChI=1S/C52H96NO10P/c1-3-5-7-9-11-13-15-17-19-21-23-24-26-27-29-31-33-35-37-39-41-43-50(54)60-45-48(46-61-64(58,59)62-47-49(53)52(56)57)63-51(55)44-42-40-38-36-34-32-30-28-25-22-20-18-16-14-12-10-8-6-4-2/h12,14,18,20-21,23,48-49H,3-11,13,15-17,19,22,24-47,53H2,1-2H3,(H,56,57)(H,58,59)/b14-12-,20-18-,23-21-. The zero-order valence-electron chi connectivity index (χ0n) is 40.9. The Morgan fingerprint density at radius 1 is 0.484 bits per heavy atom. The summed E-state index contributed by atoms with van der Waals surface area (Å²) in [5.74, 6) is -2.38. The second kappa shape index (κ2) is 47.2. The van der Waals surface area contributed by atoms with E-state index in [1.54, 1.807) is 0 Å². The first-order valence-corrected chi connectivity index (χ1v) is 27.5. The molecule has 11 nitrogen and oxygen atoms in total. The number of hydrogen-bond acceptors (Lipinski definition) is 9. The minimum absolute atomic E-state index is 0.157. The number of carboxylic acids is 1. The minimum Gasteiger partial charge on any atom is -0.480 e. The Balaban J connectivity index is 4.23. The topological polar surface area (TPSA) is 172 Å². The Hall–Kier alpha value is -2.30. The number of carbonyl (C=O) groups is 3. The van der Waals surface area contributed by atoms with Crippen LogP contribution in [0.5, 0.6) is 0 Å². The Bertz CT molecular complexity index is 1220. The summed E-state index contributed by atoms with van der Waals surface area (Å²) in [6.07, 6.45) is 53.4. The number of phosphoric acid groups is 1. The Kier molecular flexibility index (Phi) is 45.5. The van der Waals surface area contributed by atoms with Gasteiger partial charge in [-0.25, -0.2) is 4.57 Å². The molecule has 374 valence electrons. The Labute approximate surface area is 391 Å². The van der Waals surface area contributed by atoms with Crippen molar-refractivity contribution in [2.75, 3.05) is 19.8 Å². The molecule has 0 rings (SSSR count). The van der Waals surface area contributed by atoms with Crippen LogP contribution in [-0.2, 0) is 37.5 Å². The van der Waals surface area contributed by atoms with Crippen LogP contribution in [0.4, 0.5) is 0 Å². The number of rotatable bonds is 49. The zero-order valence-corrected chi connectivity index (χ0v) is 41.8. The van der Waals surface area contributed by atoms with E-state index >= 15 is 0 Å². The van der Waals surface area contributed by atoms with Crippen LogP contribution in [0.15, 0.2) is 36.5 Å². The molecule has 3 unspecified atom stereocenters. The molecule has 0 saturated carbocycles. The molecule has 0 radical (unpaired) electrons. The van der Waals surface area contributed by atoms with Crippen LogP contribution in [0.3, 0.4) is 0 Å². The SMILES string of the molecule is CCCCC/C=C\C/C=C\CCCCCCCCCCCC(=O)OC(COC(=O)CCCCCCCCCCC/C=C\CCCCCCCCCC)COP(=O)(O)OCC(N)C(=O)O. The predicted octanol–water partition coefficient (Wildman–Crippen LogP) is 14.7. The fraction of sp³-hybridized carbons (Fsp3) is 0.827. The number of phosphoric ester groups is 1. The Morgan fingerprint density at radius 2 is 0.828 bits per heavy atom. The van der Waals surface area contributed by atoms with E-state index in [9.17, 15) is 23.8 Å². The molecule has 0 amide bonds. The van der Waals surface area contributed by atoms with Crippen molar-refractivity contribution in [2.45, 2.75) is 257 Å². The van der Waals surface area contributed by atoms with Crippen molar-refractivity contribution < 1.29 is 47.5 Å². The van der Waals surface area contributed by atoms with Crippen molar-refractivity contribution in [1.29, 1.82) is 0 Å². The quantitative estimate of drug-likeness (QED) is 0.0229. The third-order valence-corrected chi connectivity index (χ3v) is 12.3. The number of ether oxygens (including phenoxy) is 2. The number of esters is 2. The second-order valence-corrected chi connectivity index (χ2v) is 19.1. The van der Waals surface area contributed by atoms with Crippen molar-refractivity contribution in [3.05, 3.63) is 36.5 Å². The monoisotopic (exact) mass is 926 g/mol. The maximum absolute atomic E-state index is 12.7. The average molecular weight is 926 g/mol. The van der Waals surface area contributed by atoms with Gasteiger partial charge < -0.3 is 25.2 Å². The van der Waals surface area contributed by atoms with Gasteiger partial charge in [0.2, 0.25) is 0 Å². The highest BCUT2D eigenvalue weighted by molar-refractivity contribution is 7.47. The van der Waals surface area contributed by atoms with Gasteiger partial charge in [-0.2, -0.15) is 0 Å². The summed E-state index contributed by atoms with van der Waals surface area (Å²) < 4.78 is 32.9. The lowest BCUT2D eigenvalue weighted by Crippen LogP contribution is -2.34. The van der Waals surface area contributed by atoms with Crippen LogP contribution in [0.2, 0.25) is 0 Å². The smallest absolute Gasteiger partial charge is 0.472 e. The highest BCUT2D eigenvalue weighted by atomic mass is 31.2. The lowest BCUT2D eigenvalue weighted by atomic mass is 10.1. The molecule has 0 aliphatic carbocycles. The summed E-state index contributed by atoms with van der Waals surface area (Å²) in [5, 5.41) is 8.92. The van der Waals surface area contributed by atoms with E-state index in [0.717, 1.165) is 51.4 Å². The molecule has 0 aliphatic rings. The van der Waals surface area contributed by atoms with Crippen LogP contribution in [-0.4, -0.2) is 59.9 Å². The van der Waals surface area contributed by atoms with Crippen molar-refractivity contribution in [1.82, 2.24) is 0 Å². The van der Waals surface area contributed by atoms with Crippen molar-refractivity contribution in [2.24, 2.45) is 5.73 Å². The number of unbranched alkanes of at least 4 members (excludes halogenated alkanes) is 29. The van der Waals surface area contributed by atoms with Gasteiger partial charge in [0.1, 0.15) is 12.6 Å². The largest absolute Gasteiger partial charge is 0.480 e. The molecule has 0 saturated heterocycles. The number of carbonyl (C=O) groups excluding carboxylic acids is 2. The Morgan fingerprint density at radius 3 is 1.27 bits per heavy atom. The summed E-state index contributed by atoms with van der Waals surface area (Å²) in [6.45, 7) is 2.81. The summed E-state index contributed by atoms with van der Waals surface area (Å²) in [4.78, 5) is 46.2. The van der Waals surface area contributed by atoms with Crippen LogP contribution in [0, 0.1) is 0 Å². The lowest BCUT2D eigenvalue weighted by Gasteiger charge is -2.20. The minimum atomic E-state index is -4.72. The first-order valence-electron chi connectivity index (χ1n) is 26.0. The molecule has 0 aromatic heterocycles. The summed E-state index contributed by atoms with van der Waals surface area (Å²) in [7, 11) is -4.72. The summed E-state index contributed by atoms with van der Waals surface area (Å²) >= 11 is 0. The first-order chi connectivity index (χ1) is 31.1. The van der Waals surface area contributed by atoms with E-state index in [2.05, 4.69) is 54.8 Å². The van der Waals surface area contributed by atoms with Crippen LogP contribution < -0.4 is 5.73 Å². The molecule has 64 heavy (non-hydrogen) atoms. The summed E-state index contributed by atoms with van der Waals surface area (Å²) in [6, 6.07) is -1.52. The highest BCUT2D eigenvalue weighted by Gasteiger charge is 2.28. The van der Waals surface area contributed by atoms with Gasteiger partial charge in [0.05, 0.1) is 13.2 Å². The molecule has 0 heterocycles. The van der Waals surface area contributed by atoms with Gasteiger partial charge in [-0.1, -0.05) is 198 Å². The zero-order chi connectivity index (χ0) is 47.0. The molecule has 0 aromatic rings. The normalized spacial score (nSPS) is 13.8. The molecule has 0 fully saturated rings. The van der Waals surface area contributed by atoms with E-state index in [-0.39, 0.29) is 19.4 Å². The van der Waals surface area contributed by atoms with Crippen LogP contribution in [0.25, 0.3) is 0 Å². The van der Waals surface area contributed by atoms with E-state index < -0.39 is 51.1 Å². The lowest BCUT2D eigenvalue weighted by molar-refractivity contribution is -0.161. The van der Waals surface area contributed by atoms with E-state index in [0.29, 0.717) is 12.8 Å². The number of carboxylic acid groups (broad SMARTS) is 1. The molecule has 0 spiro atoms. The third kappa shape index (κ3) is 46.2. The number of hydrogen-bond donors (Lipinski definition) is 3. The molecule has 0 bridgehead atoms. The van der Waals surface area contributed by atoms with Crippen LogP contribution in [0.1, 0.15) is 245 Å². The fourth-order valence-corrected chi connectivity index (χ4v) is 8.05. The maximum Gasteiger partial charge on any atom is 0.472 e. The second-order valence-electron chi connectivity index (χ2n) is 17.7. The van der Waals surface area contributed by atoms with Crippen molar-refractivity contribution in [3.63, 3.8) is 0 Å². The van der Waals surface area contributed by atoms with Gasteiger partial charge in [0.25, 0.3) is 0 Å². The predicted molar refractivity (Wildman–Crippen MR) is 263 cm³/mol. The number of aliphatic carboxylic acids is 1. The van der Waals surface area contributed by atoms with Gasteiger partial charge in [-0.15, -0.1) is 0 Å². The van der Waals surface area contributed by atoms with E-state index in [1.807, 2.05) is 0 Å². The fourth-order valence-electron chi connectivity index (χ4n) is 7.27. The van der Waals surface area contributed by atoms with Gasteiger partial charge in [-0.3, -0.25) is 23.4 Å². The average Bonchev–Trinajstić information content (AvgIpc) is 3.27. The van der Waals surface area contributed by atoms with Gasteiger partial charge in [0, 0.05) is 12.8 Å². The van der Waals surface area contributed by atoms with Crippen molar-refractivity contribution >= 4 is 25.7 Å². The van der Waals surface area contributed by atoms with E-state index in [1.165, 1.54) is 154 Å². The van der Waals surface area contributed by atoms with E-state index in [4.69, 9.17) is 24.8 Å². The van der Waals surface area contributed by atoms with Crippen LogP contribution >= 0.6 is 7.82 Å². The molecule has 3 atom stereocenters. The third-order valence-electron chi connectivity index (χ3n) is 11.4. The molecular formula is C52H96NO10P. The summed E-state index contributed by atoms with van der Waals surface area (Å²) in [5.41, 5.74) is 5.35. The van der Waals surface area contributed by atoms with Crippen molar-refractivity contribution in [3.8, 4) is 0 Å². The highest BCUT2D eigenvalue weighted by Crippen LogP contribution is 2.43. The van der Waals surface area contributed by atoms with Gasteiger partial charge in [0.15, 0.2) is 6.10 Å². The molecule has 12 heteroatoms. The number of allylic oxidation sites excluding steroid dienone is 6. The van der Waals surface area contributed by atoms with Gasteiger partial charge >= 0.3 is 25.7 Å². The van der Waals surface area contributed by atoms with Gasteiger partial charge in [-0.05, 0) is 70.6 Å². The molecule has 0 aromatic carbocycles.